The minimum Gasteiger partial charge on any atom is -0.334 e. The molecular formula is C22H22N4O2. The standard InChI is InChI=1S/C22H22N4O2/c1-15-6-5-9-17(12-15)20-24-19-10-11-26(14-18(19)21(27)25-20)22(28)23-13-16-7-3-2-4-8-16/h2-9,12H,10-11,13-14H2,1H3,(H,23,28)(H,24,25,27). The molecule has 6 nitrogen and oxygen atoms in total. The fourth-order valence-electron chi connectivity index (χ4n) is 3.41. The summed E-state index contributed by atoms with van der Waals surface area (Å²) in [6.45, 7) is 3.28. The van der Waals surface area contributed by atoms with Crippen LogP contribution in [0.4, 0.5) is 4.79 Å². The third kappa shape index (κ3) is 3.81. The number of urea groups is 1. The van der Waals surface area contributed by atoms with E-state index in [9.17, 15) is 9.59 Å². The Morgan fingerprint density at radius 1 is 1.18 bits per heavy atom. The van der Waals surface area contributed by atoms with E-state index >= 15 is 0 Å². The van der Waals surface area contributed by atoms with Gasteiger partial charge in [0.1, 0.15) is 5.82 Å². The number of nitrogens with zero attached hydrogens (tertiary/aromatic N) is 2. The molecule has 0 radical (unpaired) electrons. The zero-order valence-electron chi connectivity index (χ0n) is 15.7. The molecule has 0 bridgehead atoms. The molecule has 2 aromatic carbocycles. The molecule has 3 aromatic rings. The molecule has 28 heavy (non-hydrogen) atoms. The van der Waals surface area contributed by atoms with Crippen LogP contribution in [0, 0.1) is 6.92 Å². The number of aromatic amines is 1. The Morgan fingerprint density at radius 3 is 2.79 bits per heavy atom. The van der Waals surface area contributed by atoms with Crippen LogP contribution in [0.5, 0.6) is 0 Å². The summed E-state index contributed by atoms with van der Waals surface area (Å²) in [5.41, 5.74) is 4.20. The molecule has 0 saturated heterocycles. The maximum absolute atomic E-state index is 12.6. The highest BCUT2D eigenvalue weighted by atomic mass is 16.2. The van der Waals surface area contributed by atoms with Gasteiger partial charge in [-0.15, -0.1) is 0 Å². The van der Waals surface area contributed by atoms with Crippen molar-refractivity contribution in [1.82, 2.24) is 20.2 Å². The van der Waals surface area contributed by atoms with Crippen LogP contribution >= 0.6 is 0 Å². The van der Waals surface area contributed by atoms with E-state index in [2.05, 4.69) is 15.3 Å². The monoisotopic (exact) mass is 374 g/mol. The van der Waals surface area contributed by atoms with Crippen LogP contribution in [0.25, 0.3) is 11.4 Å². The molecule has 0 saturated carbocycles. The molecular weight excluding hydrogens is 352 g/mol. The highest BCUT2D eigenvalue weighted by Gasteiger charge is 2.24. The van der Waals surface area contributed by atoms with Gasteiger partial charge in [0, 0.05) is 25.1 Å². The molecule has 0 atom stereocenters. The Balaban J connectivity index is 1.49. The Labute approximate surface area is 163 Å². The quantitative estimate of drug-likeness (QED) is 0.740. The predicted molar refractivity (Wildman–Crippen MR) is 108 cm³/mol. The molecule has 1 aliphatic rings. The van der Waals surface area contributed by atoms with Gasteiger partial charge in [0.15, 0.2) is 0 Å². The molecule has 4 rings (SSSR count). The van der Waals surface area contributed by atoms with Gasteiger partial charge in [0.25, 0.3) is 5.56 Å². The van der Waals surface area contributed by atoms with E-state index < -0.39 is 0 Å². The summed E-state index contributed by atoms with van der Waals surface area (Å²) in [6.07, 6.45) is 0.566. The average molecular weight is 374 g/mol. The lowest BCUT2D eigenvalue weighted by atomic mass is 10.1. The van der Waals surface area contributed by atoms with Gasteiger partial charge in [0.2, 0.25) is 0 Å². The summed E-state index contributed by atoms with van der Waals surface area (Å²) >= 11 is 0. The lowest BCUT2D eigenvalue weighted by molar-refractivity contribution is 0.191. The van der Waals surface area contributed by atoms with E-state index in [-0.39, 0.29) is 18.1 Å². The largest absolute Gasteiger partial charge is 0.334 e. The van der Waals surface area contributed by atoms with Gasteiger partial charge in [-0.1, -0.05) is 54.1 Å². The molecule has 0 spiro atoms. The number of aryl methyl sites for hydroxylation is 1. The van der Waals surface area contributed by atoms with E-state index in [1.807, 2.05) is 61.5 Å². The van der Waals surface area contributed by atoms with Crippen LogP contribution in [0.3, 0.4) is 0 Å². The first-order chi connectivity index (χ1) is 13.6. The SMILES string of the molecule is Cc1cccc(-c2nc3c(c(=O)[nH]2)CN(C(=O)NCc2ccccc2)CC3)c1. The molecule has 0 aliphatic carbocycles. The van der Waals surface area contributed by atoms with E-state index in [0.717, 1.165) is 22.4 Å². The third-order valence-electron chi connectivity index (χ3n) is 4.93. The molecule has 0 fully saturated rings. The normalized spacial score (nSPS) is 13.1. The second kappa shape index (κ2) is 7.68. The third-order valence-corrected chi connectivity index (χ3v) is 4.93. The highest BCUT2D eigenvalue weighted by molar-refractivity contribution is 5.74. The Morgan fingerprint density at radius 2 is 2.00 bits per heavy atom. The van der Waals surface area contributed by atoms with Crippen molar-refractivity contribution in [3.63, 3.8) is 0 Å². The van der Waals surface area contributed by atoms with Crippen molar-refractivity contribution >= 4 is 6.03 Å². The van der Waals surface area contributed by atoms with Gasteiger partial charge < -0.3 is 15.2 Å². The molecule has 2 N–H and O–H groups in total. The van der Waals surface area contributed by atoms with Gasteiger partial charge in [0.05, 0.1) is 17.8 Å². The van der Waals surface area contributed by atoms with Gasteiger partial charge >= 0.3 is 6.03 Å². The number of carbonyl (C=O) groups excluding carboxylic acids is 1. The number of carbonyl (C=O) groups is 1. The lowest BCUT2D eigenvalue weighted by Gasteiger charge is -2.28. The number of fused-ring (bicyclic) bond motifs is 1. The van der Waals surface area contributed by atoms with Crippen molar-refractivity contribution in [2.24, 2.45) is 0 Å². The van der Waals surface area contributed by atoms with Crippen molar-refractivity contribution in [2.75, 3.05) is 6.54 Å². The summed E-state index contributed by atoms with van der Waals surface area (Å²) in [5.74, 6) is 0.578. The molecule has 142 valence electrons. The number of benzene rings is 2. The summed E-state index contributed by atoms with van der Waals surface area (Å²) in [7, 11) is 0. The average Bonchev–Trinajstić information content (AvgIpc) is 2.72. The van der Waals surface area contributed by atoms with Crippen LogP contribution in [0.1, 0.15) is 22.4 Å². The van der Waals surface area contributed by atoms with Crippen molar-refractivity contribution < 1.29 is 4.79 Å². The number of hydrogen-bond donors (Lipinski definition) is 2. The van der Waals surface area contributed by atoms with Gasteiger partial charge in [-0.3, -0.25) is 4.79 Å². The van der Waals surface area contributed by atoms with E-state index in [0.29, 0.717) is 30.9 Å². The number of nitrogens with one attached hydrogen (secondary N) is 2. The van der Waals surface area contributed by atoms with Crippen molar-refractivity contribution in [2.45, 2.75) is 26.4 Å². The second-order valence-corrected chi connectivity index (χ2v) is 7.03. The Kier molecular flexibility index (Phi) is 4.93. The van der Waals surface area contributed by atoms with Crippen molar-refractivity contribution in [3.8, 4) is 11.4 Å². The van der Waals surface area contributed by atoms with Crippen LogP contribution in [-0.2, 0) is 19.5 Å². The zero-order chi connectivity index (χ0) is 19.5. The summed E-state index contributed by atoms with van der Waals surface area (Å²) < 4.78 is 0. The molecule has 0 unspecified atom stereocenters. The predicted octanol–water partition coefficient (Wildman–Crippen LogP) is 3.01. The minimum absolute atomic E-state index is 0.170. The Bertz CT molecular complexity index is 1060. The van der Waals surface area contributed by atoms with Crippen molar-refractivity contribution in [1.29, 1.82) is 0 Å². The molecule has 6 heteroatoms. The lowest BCUT2D eigenvalue weighted by Crippen LogP contribution is -2.44. The van der Waals surface area contributed by atoms with Crippen LogP contribution in [0.15, 0.2) is 59.4 Å². The topological polar surface area (TPSA) is 78.1 Å². The number of rotatable bonds is 3. The first kappa shape index (κ1) is 18.0. The smallest absolute Gasteiger partial charge is 0.317 e. The summed E-state index contributed by atoms with van der Waals surface area (Å²) in [6, 6.07) is 17.5. The molecule has 2 amide bonds. The maximum atomic E-state index is 12.6. The fourth-order valence-corrected chi connectivity index (χ4v) is 3.41. The molecule has 1 aliphatic heterocycles. The van der Waals surface area contributed by atoms with Crippen LogP contribution in [0.2, 0.25) is 0 Å². The number of H-pyrrole nitrogens is 1. The first-order valence-corrected chi connectivity index (χ1v) is 9.36. The first-order valence-electron chi connectivity index (χ1n) is 9.36. The van der Waals surface area contributed by atoms with Crippen molar-refractivity contribution in [3.05, 3.63) is 87.3 Å². The summed E-state index contributed by atoms with van der Waals surface area (Å²) in [5, 5.41) is 2.92. The van der Waals surface area contributed by atoms with Crippen LogP contribution < -0.4 is 10.9 Å². The van der Waals surface area contributed by atoms with Crippen LogP contribution in [-0.4, -0.2) is 27.4 Å². The molecule has 1 aromatic heterocycles. The minimum atomic E-state index is -0.179. The maximum Gasteiger partial charge on any atom is 0.317 e. The van der Waals surface area contributed by atoms with E-state index in [1.54, 1.807) is 4.90 Å². The summed E-state index contributed by atoms with van der Waals surface area (Å²) in [4.78, 5) is 34.3. The highest BCUT2D eigenvalue weighted by Crippen LogP contribution is 2.19. The van der Waals surface area contributed by atoms with E-state index in [1.165, 1.54) is 0 Å². The van der Waals surface area contributed by atoms with E-state index in [4.69, 9.17) is 0 Å². The van der Waals surface area contributed by atoms with Gasteiger partial charge in [-0.2, -0.15) is 0 Å². The number of aromatic nitrogens is 2. The van der Waals surface area contributed by atoms with Gasteiger partial charge in [-0.25, -0.2) is 9.78 Å². The number of hydrogen-bond acceptors (Lipinski definition) is 3. The van der Waals surface area contributed by atoms with Gasteiger partial charge in [-0.05, 0) is 18.6 Å². The Hall–Kier alpha value is -3.41. The second-order valence-electron chi connectivity index (χ2n) is 7.03. The fraction of sp³-hybridized carbons (Fsp3) is 0.227. The number of amides is 2. The zero-order valence-corrected chi connectivity index (χ0v) is 15.7. The molecule has 2 heterocycles.